The molecule has 0 aliphatic heterocycles. The van der Waals surface area contributed by atoms with Crippen LogP contribution in [0.15, 0.2) is 36.4 Å². The van der Waals surface area contributed by atoms with Gasteiger partial charge in [0.25, 0.3) is 5.69 Å². The van der Waals surface area contributed by atoms with Gasteiger partial charge in [0.1, 0.15) is 11.4 Å². The summed E-state index contributed by atoms with van der Waals surface area (Å²) in [6.45, 7) is 0. The second-order valence-electron chi connectivity index (χ2n) is 3.53. The second-order valence-corrected chi connectivity index (χ2v) is 3.92. The Hall–Kier alpha value is -2.27. The number of nitro groups is 1. The third kappa shape index (κ3) is 2.52. The van der Waals surface area contributed by atoms with Crippen LogP contribution in [0, 0.1) is 10.1 Å². The lowest BCUT2D eigenvalue weighted by molar-refractivity contribution is -0.384. The summed E-state index contributed by atoms with van der Waals surface area (Å²) in [5.74, 6) is 0. The number of nitro benzene ring substituents is 1. The minimum Gasteiger partial charge on any atom is -0.298 e. The highest BCUT2D eigenvalue weighted by molar-refractivity contribution is 6.29. The van der Waals surface area contributed by atoms with E-state index in [0.717, 1.165) is 0 Å². The van der Waals surface area contributed by atoms with Crippen LogP contribution in [0.5, 0.6) is 0 Å². The molecule has 0 radical (unpaired) electrons. The normalized spacial score (nSPS) is 10.1. The smallest absolute Gasteiger partial charge is 0.269 e. The Labute approximate surface area is 107 Å². The molecule has 0 unspecified atom stereocenters. The Balaban J connectivity index is 2.45. The summed E-state index contributed by atoms with van der Waals surface area (Å²) in [4.78, 5) is 24.8. The molecule has 2 rings (SSSR count). The molecule has 0 bridgehead atoms. The summed E-state index contributed by atoms with van der Waals surface area (Å²) >= 11 is 5.78. The van der Waals surface area contributed by atoms with Gasteiger partial charge < -0.3 is 0 Å². The fraction of sp³-hybridized carbons (Fsp3) is 0. The zero-order valence-corrected chi connectivity index (χ0v) is 9.79. The number of pyridine rings is 1. The number of hydrogen-bond donors (Lipinski definition) is 0. The van der Waals surface area contributed by atoms with Crippen molar-refractivity contribution in [2.24, 2.45) is 0 Å². The summed E-state index contributed by atoms with van der Waals surface area (Å²) in [6, 6.07) is 8.89. The second kappa shape index (κ2) is 4.93. The monoisotopic (exact) mass is 262 g/mol. The number of benzene rings is 1. The molecule has 6 heteroatoms. The van der Waals surface area contributed by atoms with Crippen LogP contribution in [0.1, 0.15) is 10.4 Å². The molecule has 5 nitrogen and oxygen atoms in total. The van der Waals surface area contributed by atoms with Crippen LogP contribution in [-0.4, -0.2) is 16.2 Å². The van der Waals surface area contributed by atoms with E-state index in [0.29, 0.717) is 23.1 Å². The number of rotatable bonds is 3. The first-order valence-electron chi connectivity index (χ1n) is 4.98. The van der Waals surface area contributed by atoms with Crippen molar-refractivity contribution in [3.8, 4) is 11.3 Å². The molecular weight excluding hydrogens is 256 g/mol. The lowest BCUT2D eigenvalue weighted by Gasteiger charge is -2.02. The molecule has 0 amide bonds. The minimum atomic E-state index is -0.480. The standard InChI is InChI=1S/C12H7ClN2O3/c13-12-6-8(7-16)5-11(14-12)9-1-3-10(4-2-9)15(17)18/h1-7H. The van der Waals surface area contributed by atoms with E-state index in [4.69, 9.17) is 11.6 Å². The third-order valence-electron chi connectivity index (χ3n) is 2.33. The van der Waals surface area contributed by atoms with Gasteiger partial charge in [-0.25, -0.2) is 4.98 Å². The van der Waals surface area contributed by atoms with E-state index in [-0.39, 0.29) is 10.8 Å². The Bertz CT molecular complexity index is 611. The molecule has 0 saturated heterocycles. The Morgan fingerprint density at radius 1 is 1.22 bits per heavy atom. The molecule has 0 aliphatic carbocycles. The lowest BCUT2D eigenvalue weighted by atomic mass is 10.1. The number of hydrogen-bond acceptors (Lipinski definition) is 4. The van der Waals surface area contributed by atoms with Crippen LogP contribution >= 0.6 is 11.6 Å². The van der Waals surface area contributed by atoms with E-state index in [9.17, 15) is 14.9 Å². The maximum Gasteiger partial charge on any atom is 0.269 e. The number of nitrogens with zero attached hydrogens (tertiary/aromatic N) is 2. The molecule has 1 heterocycles. The topological polar surface area (TPSA) is 73.1 Å². The van der Waals surface area contributed by atoms with Crippen LogP contribution in [0.4, 0.5) is 5.69 Å². The average Bonchev–Trinajstić information content (AvgIpc) is 2.38. The number of carbonyl (C=O) groups is 1. The van der Waals surface area contributed by atoms with E-state index in [1.165, 1.54) is 18.2 Å². The number of carbonyl (C=O) groups excluding carboxylic acids is 1. The first kappa shape index (κ1) is 12.2. The van der Waals surface area contributed by atoms with Crippen molar-refractivity contribution in [1.82, 2.24) is 4.98 Å². The predicted octanol–water partition coefficient (Wildman–Crippen LogP) is 3.12. The lowest BCUT2D eigenvalue weighted by Crippen LogP contribution is -1.90. The highest BCUT2D eigenvalue weighted by atomic mass is 35.5. The van der Waals surface area contributed by atoms with Crippen molar-refractivity contribution in [2.75, 3.05) is 0 Å². The highest BCUT2D eigenvalue weighted by Gasteiger charge is 2.07. The van der Waals surface area contributed by atoms with E-state index in [1.54, 1.807) is 18.2 Å². The highest BCUT2D eigenvalue weighted by Crippen LogP contribution is 2.23. The van der Waals surface area contributed by atoms with Gasteiger partial charge in [-0.1, -0.05) is 11.6 Å². The molecule has 0 aliphatic rings. The minimum absolute atomic E-state index is 0.00334. The van der Waals surface area contributed by atoms with E-state index in [2.05, 4.69) is 4.98 Å². The maximum absolute atomic E-state index is 10.7. The number of aldehydes is 1. The SMILES string of the molecule is O=Cc1cc(Cl)nc(-c2ccc([N+](=O)[O-])cc2)c1. The van der Waals surface area contributed by atoms with Crippen LogP contribution < -0.4 is 0 Å². The molecule has 1 aromatic heterocycles. The van der Waals surface area contributed by atoms with Crippen LogP contribution in [0.3, 0.4) is 0 Å². The largest absolute Gasteiger partial charge is 0.298 e. The fourth-order valence-corrected chi connectivity index (χ4v) is 1.70. The molecule has 2 aromatic rings. The average molecular weight is 263 g/mol. The molecule has 0 fully saturated rings. The molecule has 18 heavy (non-hydrogen) atoms. The number of aromatic nitrogens is 1. The molecule has 0 saturated carbocycles. The van der Waals surface area contributed by atoms with Crippen LogP contribution in [0.2, 0.25) is 5.15 Å². The van der Waals surface area contributed by atoms with Crippen molar-refractivity contribution >= 4 is 23.6 Å². The molecule has 90 valence electrons. The van der Waals surface area contributed by atoms with Crippen molar-refractivity contribution in [2.45, 2.75) is 0 Å². The third-order valence-corrected chi connectivity index (χ3v) is 2.52. The van der Waals surface area contributed by atoms with Gasteiger partial charge in [-0.15, -0.1) is 0 Å². The summed E-state index contributed by atoms with van der Waals surface area (Å²) in [5, 5.41) is 10.7. The van der Waals surface area contributed by atoms with E-state index >= 15 is 0 Å². The van der Waals surface area contributed by atoms with Crippen molar-refractivity contribution in [3.63, 3.8) is 0 Å². The maximum atomic E-state index is 10.7. The quantitative estimate of drug-likeness (QED) is 0.369. The van der Waals surface area contributed by atoms with Crippen molar-refractivity contribution in [1.29, 1.82) is 0 Å². The molecule has 1 aromatic carbocycles. The van der Waals surface area contributed by atoms with Gasteiger partial charge in [-0.05, 0) is 24.3 Å². The van der Waals surface area contributed by atoms with Crippen molar-refractivity contribution < 1.29 is 9.72 Å². The fourth-order valence-electron chi connectivity index (χ4n) is 1.49. The Morgan fingerprint density at radius 2 is 1.89 bits per heavy atom. The first-order valence-corrected chi connectivity index (χ1v) is 5.35. The van der Waals surface area contributed by atoms with Gasteiger partial charge in [0.2, 0.25) is 0 Å². The van der Waals surface area contributed by atoms with Crippen molar-refractivity contribution in [3.05, 3.63) is 57.2 Å². The molecular formula is C12H7ClN2O3. The molecule has 0 spiro atoms. The van der Waals surface area contributed by atoms with E-state index < -0.39 is 4.92 Å². The van der Waals surface area contributed by atoms with Gasteiger partial charge in [0.05, 0.1) is 10.6 Å². The number of non-ortho nitro benzene ring substituents is 1. The number of halogens is 1. The van der Waals surface area contributed by atoms with Crippen LogP contribution in [0.25, 0.3) is 11.3 Å². The summed E-state index contributed by atoms with van der Waals surface area (Å²) in [7, 11) is 0. The van der Waals surface area contributed by atoms with Gasteiger partial charge in [0.15, 0.2) is 0 Å². The first-order chi connectivity index (χ1) is 8.60. The Kier molecular flexibility index (Phi) is 3.34. The summed E-state index contributed by atoms with van der Waals surface area (Å²) < 4.78 is 0. The predicted molar refractivity (Wildman–Crippen MR) is 66.7 cm³/mol. The van der Waals surface area contributed by atoms with Gasteiger partial charge >= 0.3 is 0 Å². The zero-order chi connectivity index (χ0) is 13.1. The van der Waals surface area contributed by atoms with Gasteiger partial charge in [0, 0.05) is 23.3 Å². The summed E-state index contributed by atoms with van der Waals surface area (Å²) in [6.07, 6.45) is 0.669. The zero-order valence-electron chi connectivity index (χ0n) is 9.04. The Morgan fingerprint density at radius 3 is 2.44 bits per heavy atom. The van der Waals surface area contributed by atoms with Crippen LogP contribution in [-0.2, 0) is 0 Å². The summed E-state index contributed by atoms with van der Waals surface area (Å²) in [5.41, 5.74) is 1.56. The van der Waals surface area contributed by atoms with E-state index in [1.807, 2.05) is 0 Å². The van der Waals surface area contributed by atoms with Gasteiger partial charge in [-0.2, -0.15) is 0 Å². The molecule has 0 N–H and O–H groups in total. The van der Waals surface area contributed by atoms with Gasteiger partial charge in [-0.3, -0.25) is 14.9 Å². The molecule has 0 atom stereocenters.